The molecule has 1 aliphatic carbocycles. The van der Waals surface area contributed by atoms with E-state index in [-0.39, 0.29) is 0 Å². The Labute approximate surface area is 195 Å². The van der Waals surface area contributed by atoms with E-state index in [9.17, 15) is 46.1 Å². The third kappa shape index (κ3) is 4.08. The van der Waals surface area contributed by atoms with Gasteiger partial charge in [0.2, 0.25) is 11.6 Å². The van der Waals surface area contributed by atoms with Crippen LogP contribution in [0, 0.1) is 17.2 Å². The molecule has 0 amide bonds. The average molecular weight is 515 g/mol. The van der Waals surface area contributed by atoms with Gasteiger partial charge in [0.05, 0.1) is 30.4 Å². The molecular formula is C17H20N6O11P+. The van der Waals surface area contributed by atoms with Crippen LogP contribution in [0.25, 0.3) is 22.3 Å². The van der Waals surface area contributed by atoms with Crippen molar-refractivity contribution in [3.05, 3.63) is 31.0 Å². The zero-order chi connectivity index (χ0) is 26.4. The quantitative estimate of drug-likeness (QED) is 0.117. The summed E-state index contributed by atoms with van der Waals surface area (Å²) in [4.78, 5) is 25.4. The number of nitriles is 1. The summed E-state index contributed by atoms with van der Waals surface area (Å²) in [6.07, 6.45) is 4.83. The molecule has 1 fully saturated rings. The highest BCUT2D eigenvalue weighted by Crippen LogP contribution is 2.55. The van der Waals surface area contributed by atoms with Crippen molar-refractivity contribution in [2.45, 2.75) is 35.6 Å². The van der Waals surface area contributed by atoms with Gasteiger partial charge < -0.3 is 45.8 Å². The molecule has 0 unspecified atom stereocenters. The number of hydrogen-bond donors (Lipinski definition) is 11. The number of aliphatic hydroxyl groups is 8. The van der Waals surface area contributed by atoms with Gasteiger partial charge in [0.15, 0.2) is 0 Å². The summed E-state index contributed by atoms with van der Waals surface area (Å²) in [5, 5.41) is 94.6. The fourth-order valence-corrected chi connectivity index (χ4v) is 3.97. The minimum Gasteiger partial charge on any atom is -0.361 e. The molecule has 0 aliphatic heterocycles. The van der Waals surface area contributed by atoms with Gasteiger partial charge in [-0.15, -0.1) is 9.79 Å². The predicted molar refractivity (Wildman–Crippen MR) is 109 cm³/mol. The van der Waals surface area contributed by atoms with E-state index in [1.54, 1.807) is 18.3 Å². The molecule has 3 aromatic heterocycles. The first-order valence-electron chi connectivity index (χ1n) is 9.44. The Morgan fingerprint density at radius 3 is 2.20 bits per heavy atom. The number of aromatic amines is 1. The van der Waals surface area contributed by atoms with Gasteiger partial charge in [0.1, 0.15) is 17.9 Å². The molecule has 3 aromatic rings. The molecular weight excluding hydrogens is 495 g/mol. The zero-order valence-corrected chi connectivity index (χ0v) is 18.2. The van der Waals surface area contributed by atoms with E-state index in [1.807, 2.05) is 0 Å². The molecule has 3 heterocycles. The van der Waals surface area contributed by atoms with E-state index in [2.05, 4.69) is 20.1 Å². The number of fused-ring (bicyclic) bond motifs is 1. The first-order chi connectivity index (χ1) is 16.1. The molecule has 188 valence electrons. The molecule has 18 heteroatoms. The van der Waals surface area contributed by atoms with Crippen LogP contribution in [0.15, 0.2) is 31.0 Å². The first-order valence-corrected chi connectivity index (χ1v) is 10.6. The lowest BCUT2D eigenvalue weighted by Crippen LogP contribution is -2.66. The summed E-state index contributed by atoms with van der Waals surface area (Å²) in [5.74, 6) is -18.6. The Hall–Kier alpha value is -2.98. The second kappa shape index (κ2) is 8.91. The maximum absolute atomic E-state index is 10.3. The lowest BCUT2D eigenvalue weighted by molar-refractivity contribution is -0.452. The number of H-pyrrole nitrogens is 1. The van der Waals surface area contributed by atoms with Crippen LogP contribution < -0.4 is 0 Å². The van der Waals surface area contributed by atoms with Crippen molar-refractivity contribution in [1.29, 1.82) is 5.26 Å². The lowest BCUT2D eigenvalue weighted by atomic mass is 9.86. The van der Waals surface area contributed by atoms with E-state index < -0.39 is 49.8 Å². The van der Waals surface area contributed by atoms with Crippen molar-refractivity contribution in [1.82, 2.24) is 24.7 Å². The zero-order valence-electron chi connectivity index (χ0n) is 17.3. The van der Waals surface area contributed by atoms with Crippen LogP contribution in [0.3, 0.4) is 0 Å². The van der Waals surface area contributed by atoms with Gasteiger partial charge in [0.25, 0.3) is 11.6 Å². The van der Waals surface area contributed by atoms with Crippen molar-refractivity contribution < 1.29 is 55.2 Å². The smallest absolute Gasteiger partial charge is 0.361 e. The standard InChI is InChI=1S/C17H18N6O8.HO3P/c18-3-1-10(12-14(24,25)16(28,29)17(30,31)15(12,26)27)23-6-8(5-22-23)11-9-2-4-19-13(9)21-7-20-11;1-4(2)3/h2,4-7,10,12,24-31H,1H2,(H,19,20,21);(H-,1,2,3)/p+1/t10-;/m1./s1. The molecule has 0 spiro atoms. The number of nitrogens with zero attached hydrogens (tertiary/aromatic N) is 5. The second-order valence-electron chi connectivity index (χ2n) is 7.63. The molecule has 11 N–H and O–H groups in total. The van der Waals surface area contributed by atoms with Gasteiger partial charge in [-0.3, -0.25) is 4.68 Å². The van der Waals surface area contributed by atoms with Crippen LogP contribution in [-0.2, 0) is 4.57 Å². The average Bonchev–Trinajstić information content (AvgIpc) is 3.42. The van der Waals surface area contributed by atoms with Gasteiger partial charge in [-0.05, 0) is 6.07 Å². The van der Waals surface area contributed by atoms with Crippen LogP contribution in [0.4, 0.5) is 0 Å². The third-order valence-electron chi connectivity index (χ3n) is 5.63. The third-order valence-corrected chi connectivity index (χ3v) is 5.63. The van der Waals surface area contributed by atoms with Gasteiger partial charge in [0, 0.05) is 27.9 Å². The normalized spacial score (nSPS) is 20.6. The number of aromatic nitrogens is 5. The Balaban J connectivity index is 0.000000795. The topological polar surface area (TPSA) is 303 Å². The molecule has 1 atom stereocenters. The van der Waals surface area contributed by atoms with Gasteiger partial charge >= 0.3 is 8.25 Å². The van der Waals surface area contributed by atoms with E-state index in [0.717, 1.165) is 4.68 Å². The van der Waals surface area contributed by atoms with E-state index >= 15 is 0 Å². The fourth-order valence-electron chi connectivity index (χ4n) is 3.97. The molecule has 0 bridgehead atoms. The SMILES string of the molecule is N#CC[C@H](C1C(O)(O)C(O)(O)C(O)(O)C1(O)O)n1cc(-c2ncnc3[nH]ccc23)cn1.O=[P+](O)O. The van der Waals surface area contributed by atoms with Crippen LogP contribution >= 0.6 is 8.25 Å². The molecule has 17 nitrogen and oxygen atoms in total. The monoisotopic (exact) mass is 515 g/mol. The Morgan fingerprint density at radius 2 is 1.66 bits per heavy atom. The van der Waals surface area contributed by atoms with Crippen molar-refractivity contribution in [2.24, 2.45) is 5.92 Å². The Morgan fingerprint density at radius 1 is 1.09 bits per heavy atom. The summed E-state index contributed by atoms with van der Waals surface area (Å²) >= 11 is 0. The largest absolute Gasteiger partial charge is 0.692 e. The highest BCUT2D eigenvalue weighted by Gasteiger charge is 2.84. The fraction of sp³-hybridized carbons (Fsp3) is 0.412. The van der Waals surface area contributed by atoms with Crippen molar-refractivity contribution in [3.8, 4) is 17.3 Å². The predicted octanol–water partition coefficient (Wildman–Crippen LogP) is -3.74. The maximum atomic E-state index is 10.3. The first kappa shape index (κ1) is 26.6. The van der Waals surface area contributed by atoms with Gasteiger partial charge in [-0.1, -0.05) is 0 Å². The molecule has 4 rings (SSSR count). The molecule has 35 heavy (non-hydrogen) atoms. The van der Waals surface area contributed by atoms with Crippen molar-refractivity contribution in [3.63, 3.8) is 0 Å². The summed E-state index contributed by atoms with van der Waals surface area (Å²) in [7, 11) is -2.87. The number of nitrogens with one attached hydrogen (secondary N) is 1. The van der Waals surface area contributed by atoms with Gasteiger partial charge in [-0.2, -0.15) is 10.4 Å². The lowest BCUT2D eigenvalue weighted by Gasteiger charge is -2.36. The van der Waals surface area contributed by atoms with Crippen LogP contribution in [-0.4, -0.2) is 98.5 Å². The summed E-state index contributed by atoms with van der Waals surface area (Å²) in [5.41, 5.74) is 1.30. The number of hydrogen-bond acceptors (Lipinski definition) is 13. The minimum absolute atomic E-state index is 0.370. The highest BCUT2D eigenvalue weighted by atomic mass is 31.1. The second-order valence-corrected chi connectivity index (χ2v) is 8.13. The van der Waals surface area contributed by atoms with Crippen molar-refractivity contribution in [2.75, 3.05) is 0 Å². The van der Waals surface area contributed by atoms with E-state index in [1.165, 1.54) is 18.7 Å². The van der Waals surface area contributed by atoms with Crippen LogP contribution in [0.5, 0.6) is 0 Å². The minimum atomic E-state index is -4.19. The maximum Gasteiger partial charge on any atom is 0.692 e. The number of rotatable bonds is 4. The van der Waals surface area contributed by atoms with Crippen molar-refractivity contribution >= 4 is 19.3 Å². The highest BCUT2D eigenvalue weighted by molar-refractivity contribution is 7.30. The summed E-state index contributed by atoms with van der Waals surface area (Å²) in [6.45, 7) is 0. The van der Waals surface area contributed by atoms with Gasteiger partial charge in [-0.25, -0.2) is 9.97 Å². The molecule has 0 aromatic carbocycles. The van der Waals surface area contributed by atoms with E-state index in [4.69, 9.17) is 14.4 Å². The Kier molecular flexibility index (Phi) is 6.78. The van der Waals surface area contributed by atoms with Crippen LogP contribution in [0.2, 0.25) is 0 Å². The van der Waals surface area contributed by atoms with Crippen LogP contribution in [0.1, 0.15) is 12.5 Å². The van der Waals surface area contributed by atoms with E-state index in [0.29, 0.717) is 22.3 Å². The summed E-state index contributed by atoms with van der Waals surface area (Å²) < 4.78 is 9.64. The molecule has 0 saturated heterocycles. The Bertz CT molecular complexity index is 1250. The molecule has 1 saturated carbocycles. The molecule has 0 radical (unpaired) electrons. The molecule has 1 aliphatic rings. The summed E-state index contributed by atoms with van der Waals surface area (Å²) in [6, 6.07) is 1.72.